The van der Waals surface area contributed by atoms with E-state index in [0.29, 0.717) is 17.9 Å². The topological polar surface area (TPSA) is 106 Å². The number of nitrogens with zero attached hydrogens (tertiary/aromatic N) is 4. The fraction of sp³-hybridized carbons (Fsp3) is 0.182. The van der Waals surface area contributed by atoms with Crippen LogP contribution in [0.5, 0.6) is 0 Å². The van der Waals surface area contributed by atoms with Gasteiger partial charge in [0.1, 0.15) is 5.56 Å². The second-order valence-electron chi connectivity index (χ2n) is 3.44. The zero-order valence-electron chi connectivity index (χ0n) is 9.24. The van der Waals surface area contributed by atoms with Crippen LogP contribution in [0.25, 0.3) is 11.4 Å². The van der Waals surface area contributed by atoms with Gasteiger partial charge in [0.05, 0.1) is 11.0 Å². The first-order chi connectivity index (χ1) is 8.72. The van der Waals surface area contributed by atoms with Crippen molar-refractivity contribution in [3.63, 3.8) is 0 Å². The van der Waals surface area contributed by atoms with Gasteiger partial charge in [-0.3, -0.25) is 10.1 Å². The molecule has 0 unspecified atom stereocenters. The summed E-state index contributed by atoms with van der Waals surface area (Å²) in [5.41, 5.74) is 0.222. The van der Waals surface area contributed by atoms with E-state index in [1.54, 1.807) is 18.2 Å². The summed E-state index contributed by atoms with van der Waals surface area (Å²) < 4.78 is 4.92. The monoisotopic (exact) mass is 244 g/mol. The van der Waals surface area contributed by atoms with Gasteiger partial charge in [0.2, 0.25) is 11.7 Å². The van der Waals surface area contributed by atoms with Gasteiger partial charge in [-0.1, -0.05) is 17.3 Å². The Hall–Kier alpha value is -2.75. The van der Waals surface area contributed by atoms with Gasteiger partial charge < -0.3 is 4.52 Å². The van der Waals surface area contributed by atoms with E-state index in [-0.39, 0.29) is 17.9 Å². The lowest BCUT2D eigenvalue weighted by Gasteiger charge is -1.96. The van der Waals surface area contributed by atoms with Gasteiger partial charge in [-0.15, -0.1) is 0 Å². The number of aryl methyl sites for hydroxylation is 1. The maximum atomic E-state index is 10.9. The number of hydrogen-bond acceptors (Lipinski definition) is 6. The zero-order chi connectivity index (χ0) is 13.0. The largest absolute Gasteiger partial charge is 0.339 e. The van der Waals surface area contributed by atoms with Crippen LogP contribution >= 0.6 is 0 Å². The fourth-order valence-corrected chi connectivity index (χ4v) is 1.45. The molecule has 90 valence electrons. The van der Waals surface area contributed by atoms with Gasteiger partial charge in [0.15, 0.2) is 0 Å². The SMILES string of the molecule is N#CCCc1nc(-c2ccccc2[N+](=O)[O-])no1. The third-order valence-electron chi connectivity index (χ3n) is 2.26. The standard InChI is InChI=1S/C11H8N4O3/c12-7-3-6-10-13-11(14-18-10)8-4-1-2-5-9(8)15(16)17/h1-2,4-5H,3,6H2. The molecule has 0 saturated heterocycles. The van der Waals surface area contributed by atoms with Crippen LogP contribution in [0.4, 0.5) is 5.69 Å². The Morgan fingerprint density at radius 2 is 2.22 bits per heavy atom. The number of benzene rings is 1. The molecule has 0 aliphatic rings. The number of nitriles is 1. The molecule has 0 bridgehead atoms. The van der Waals surface area contributed by atoms with E-state index in [1.165, 1.54) is 6.07 Å². The van der Waals surface area contributed by atoms with Gasteiger partial charge in [-0.05, 0) is 6.07 Å². The van der Waals surface area contributed by atoms with Crippen LogP contribution in [0.3, 0.4) is 0 Å². The van der Waals surface area contributed by atoms with Gasteiger partial charge in [-0.2, -0.15) is 10.2 Å². The summed E-state index contributed by atoms with van der Waals surface area (Å²) in [6.45, 7) is 0. The Labute approximate surface area is 102 Å². The van der Waals surface area contributed by atoms with E-state index in [4.69, 9.17) is 9.78 Å². The molecule has 7 heteroatoms. The van der Waals surface area contributed by atoms with Crippen LogP contribution in [0, 0.1) is 21.4 Å². The quantitative estimate of drug-likeness (QED) is 0.602. The molecule has 2 rings (SSSR count). The summed E-state index contributed by atoms with van der Waals surface area (Å²) in [5, 5.41) is 23.0. The summed E-state index contributed by atoms with van der Waals surface area (Å²) in [5.74, 6) is 0.458. The highest BCUT2D eigenvalue weighted by atomic mass is 16.6. The smallest absolute Gasteiger partial charge is 0.280 e. The Morgan fingerprint density at radius 3 is 2.94 bits per heavy atom. The number of rotatable bonds is 4. The molecule has 0 aliphatic carbocycles. The molecule has 0 aliphatic heterocycles. The van der Waals surface area contributed by atoms with Gasteiger partial charge in [-0.25, -0.2) is 0 Å². The second-order valence-corrected chi connectivity index (χ2v) is 3.44. The average molecular weight is 244 g/mol. The van der Waals surface area contributed by atoms with Crippen molar-refractivity contribution in [2.75, 3.05) is 0 Å². The minimum absolute atomic E-state index is 0.0786. The lowest BCUT2D eigenvalue weighted by Crippen LogP contribution is -1.92. The van der Waals surface area contributed by atoms with Crippen molar-refractivity contribution in [2.24, 2.45) is 0 Å². The Morgan fingerprint density at radius 1 is 1.44 bits per heavy atom. The molecule has 0 saturated carbocycles. The van der Waals surface area contributed by atoms with E-state index >= 15 is 0 Å². The van der Waals surface area contributed by atoms with E-state index in [1.807, 2.05) is 6.07 Å². The number of hydrogen-bond donors (Lipinski definition) is 0. The van der Waals surface area contributed by atoms with Crippen LogP contribution in [-0.4, -0.2) is 15.1 Å². The number of nitro benzene ring substituents is 1. The third-order valence-corrected chi connectivity index (χ3v) is 2.26. The van der Waals surface area contributed by atoms with E-state index in [2.05, 4.69) is 10.1 Å². The van der Waals surface area contributed by atoms with Gasteiger partial charge >= 0.3 is 0 Å². The normalized spacial score (nSPS) is 9.94. The lowest BCUT2D eigenvalue weighted by molar-refractivity contribution is -0.384. The minimum atomic E-state index is -0.499. The van der Waals surface area contributed by atoms with Crippen molar-refractivity contribution >= 4 is 5.69 Å². The molecule has 0 atom stereocenters. The summed E-state index contributed by atoms with van der Waals surface area (Å²) in [7, 11) is 0. The molecule has 0 fully saturated rings. The van der Waals surface area contributed by atoms with Crippen molar-refractivity contribution in [1.29, 1.82) is 5.26 Å². The Bertz CT molecular complexity index is 615. The first kappa shape index (κ1) is 11.7. The highest BCUT2D eigenvalue weighted by Crippen LogP contribution is 2.27. The average Bonchev–Trinajstić information content (AvgIpc) is 2.85. The van der Waals surface area contributed by atoms with Crippen molar-refractivity contribution in [3.8, 4) is 17.5 Å². The first-order valence-electron chi connectivity index (χ1n) is 5.15. The number of nitro groups is 1. The first-order valence-corrected chi connectivity index (χ1v) is 5.15. The van der Waals surface area contributed by atoms with Crippen molar-refractivity contribution in [3.05, 3.63) is 40.3 Å². The third kappa shape index (κ3) is 2.32. The van der Waals surface area contributed by atoms with Crippen LogP contribution in [0.15, 0.2) is 28.8 Å². The summed E-state index contributed by atoms with van der Waals surface area (Å²) in [4.78, 5) is 14.4. The summed E-state index contributed by atoms with van der Waals surface area (Å²) in [6.07, 6.45) is 0.600. The Kier molecular flexibility index (Phi) is 3.29. The molecular formula is C11H8N4O3. The molecular weight excluding hydrogens is 236 g/mol. The lowest BCUT2D eigenvalue weighted by atomic mass is 10.2. The van der Waals surface area contributed by atoms with Crippen LogP contribution in [0.1, 0.15) is 12.3 Å². The highest BCUT2D eigenvalue weighted by Gasteiger charge is 2.18. The van der Waals surface area contributed by atoms with Gasteiger partial charge in [0, 0.05) is 18.9 Å². The zero-order valence-corrected chi connectivity index (χ0v) is 9.24. The maximum Gasteiger partial charge on any atom is 0.280 e. The molecule has 18 heavy (non-hydrogen) atoms. The predicted molar refractivity (Wildman–Crippen MR) is 60.3 cm³/mol. The molecule has 0 amide bonds. The molecule has 7 nitrogen and oxygen atoms in total. The van der Waals surface area contributed by atoms with Crippen LogP contribution in [-0.2, 0) is 6.42 Å². The van der Waals surface area contributed by atoms with Crippen LogP contribution < -0.4 is 0 Å². The van der Waals surface area contributed by atoms with Gasteiger partial charge in [0.25, 0.3) is 5.69 Å². The van der Waals surface area contributed by atoms with Crippen LogP contribution in [0.2, 0.25) is 0 Å². The van der Waals surface area contributed by atoms with E-state index in [0.717, 1.165) is 0 Å². The number of para-hydroxylation sites is 1. The minimum Gasteiger partial charge on any atom is -0.339 e. The van der Waals surface area contributed by atoms with E-state index in [9.17, 15) is 10.1 Å². The Balaban J connectivity index is 2.34. The predicted octanol–water partition coefficient (Wildman–Crippen LogP) is 2.10. The fourth-order valence-electron chi connectivity index (χ4n) is 1.45. The number of aromatic nitrogens is 2. The van der Waals surface area contributed by atoms with E-state index < -0.39 is 4.92 Å². The molecule has 0 spiro atoms. The summed E-state index contributed by atoms with van der Waals surface area (Å²) >= 11 is 0. The molecule has 1 aromatic carbocycles. The van der Waals surface area contributed by atoms with Crippen molar-refractivity contribution in [2.45, 2.75) is 12.8 Å². The molecule has 0 N–H and O–H groups in total. The maximum absolute atomic E-state index is 10.9. The second kappa shape index (κ2) is 5.05. The molecule has 2 aromatic rings. The van der Waals surface area contributed by atoms with Crippen molar-refractivity contribution < 1.29 is 9.45 Å². The molecule has 0 radical (unpaired) electrons. The summed E-state index contributed by atoms with van der Waals surface area (Å²) in [6, 6.07) is 8.12. The molecule has 1 aromatic heterocycles. The molecule has 1 heterocycles. The highest BCUT2D eigenvalue weighted by molar-refractivity contribution is 5.67. The van der Waals surface area contributed by atoms with Crippen molar-refractivity contribution in [1.82, 2.24) is 10.1 Å².